The maximum atomic E-state index is 11.8. The Balaban J connectivity index is 2.23. The van der Waals surface area contributed by atoms with Gasteiger partial charge in [0.05, 0.1) is 4.92 Å². The van der Waals surface area contributed by atoms with E-state index in [1.54, 1.807) is 17.0 Å². The number of nitrogens with zero attached hydrogens (tertiary/aromatic N) is 2. The van der Waals surface area contributed by atoms with Crippen LogP contribution in [0.2, 0.25) is 0 Å². The van der Waals surface area contributed by atoms with Crippen molar-refractivity contribution in [1.82, 2.24) is 4.90 Å². The summed E-state index contributed by atoms with van der Waals surface area (Å²) < 4.78 is 5.62. The molecule has 0 N–H and O–H groups in total. The topological polar surface area (TPSA) is 72.7 Å². The average Bonchev–Trinajstić information content (AvgIpc) is 2.82. The van der Waals surface area contributed by atoms with Crippen LogP contribution < -0.4 is 0 Å². The molecule has 1 unspecified atom stereocenters. The third kappa shape index (κ3) is 2.90. The Morgan fingerprint density at radius 3 is 2.58 bits per heavy atom. The predicted octanol–water partition coefficient (Wildman–Crippen LogP) is 2.25. The van der Waals surface area contributed by atoms with E-state index in [4.69, 9.17) is 4.74 Å². The van der Waals surface area contributed by atoms with Crippen LogP contribution in [0.15, 0.2) is 24.3 Å². The Labute approximate surface area is 111 Å². The highest BCUT2D eigenvalue weighted by Crippen LogP contribution is 2.28. The molecular formula is C13H16N2O4. The van der Waals surface area contributed by atoms with E-state index in [0.717, 1.165) is 12.0 Å². The van der Waals surface area contributed by atoms with Crippen LogP contribution in [0.3, 0.4) is 0 Å². The van der Waals surface area contributed by atoms with Crippen LogP contribution in [0.1, 0.15) is 31.6 Å². The van der Waals surface area contributed by atoms with Crippen molar-refractivity contribution >= 4 is 11.6 Å². The highest BCUT2D eigenvalue weighted by Gasteiger charge is 2.29. The number of hydrogen-bond donors (Lipinski definition) is 0. The van der Waals surface area contributed by atoms with Crippen molar-refractivity contribution in [3.8, 4) is 0 Å². The molecule has 1 aromatic rings. The van der Waals surface area contributed by atoms with Gasteiger partial charge in [-0.05, 0) is 25.5 Å². The Morgan fingerprint density at radius 2 is 2.11 bits per heavy atom. The third-order valence-corrected chi connectivity index (χ3v) is 3.11. The maximum absolute atomic E-state index is 11.8. The van der Waals surface area contributed by atoms with Crippen LogP contribution in [0.4, 0.5) is 5.69 Å². The quantitative estimate of drug-likeness (QED) is 0.604. The SMILES string of the molecule is CCOC(c1ccc([N+](=O)[O-])cc1)N1CCCC1=O. The molecule has 19 heavy (non-hydrogen) atoms. The van der Waals surface area contributed by atoms with Gasteiger partial charge in [0.15, 0.2) is 6.23 Å². The second-order valence-electron chi connectivity index (χ2n) is 4.35. The summed E-state index contributed by atoms with van der Waals surface area (Å²) in [5.41, 5.74) is 0.800. The molecule has 1 heterocycles. The minimum absolute atomic E-state index is 0.0340. The van der Waals surface area contributed by atoms with E-state index in [9.17, 15) is 14.9 Å². The van der Waals surface area contributed by atoms with Gasteiger partial charge in [-0.1, -0.05) is 0 Å². The second kappa shape index (κ2) is 5.79. The summed E-state index contributed by atoms with van der Waals surface area (Å²) in [4.78, 5) is 23.6. The summed E-state index contributed by atoms with van der Waals surface area (Å²) >= 11 is 0. The van der Waals surface area contributed by atoms with Gasteiger partial charge in [-0.2, -0.15) is 0 Å². The fraction of sp³-hybridized carbons (Fsp3) is 0.462. The molecular weight excluding hydrogens is 248 g/mol. The van der Waals surface area contributed by atoms with Crippen molar-refractivity contribution in [1.29, 1.82) is 0 Å². The number of nitro groups is 1. The predicted molar refractivity (Wildman–Crippen MR) is 68.4 cm³/mol. The molecule has 1 aliphatic heterocycles. The van der Waals surface area contributed by atoms with Crippen molar-refractivity contribution < 1.29 is 14.5 Å². The van der Waals surface area contributed by atoms with E-state index in [1.807, 2.05) is 6.92 Å². The Kier molecular flexibility index (Phi) is 4.11. The normalized spacial score (nSPS) is 16.7. The first-order valence-electron chi connectivity index (χ1n) is 6.29. The Bertz CT molecular complexity index is 472. The molecule has 0 aromatic heterocycles. The van der Waals surface area contributed by atoms with Gasteiger partial charge in [0.1, 0.15) is 0 Å². The molecule has 1 amide bonds. The smallest absolute Gasteiger partial charge is 0.269 e. The lowest BCUT2D eigenvalue weighted by Crippen LogP contribution is -2.31. The van der Waals surface area contributed by atoms with Crippen molar-refractivity contribution in [2.75, 3.05) is 13.2 Å². The first kappa shape index (κ1) is 13.5. The number of carbonyl (C=O) groups is 1. The number of hydrogen-bond acceptors (Lipinski definition) is 4. The molecule has 6 nitrogen and oxygen atoms in total. The van der Waals surface area contributed by atoms with Gasteiger partial charge in [0, 0.05) is 37.3 Å². The Morgan fingerprint density at radius 1 is 1.42 bits per heavy atom. The van der Waals surface area contributed by atoms with Gasteiger partial charge < -0.3 is 9.64 Å². The molecule has 6 heteroatoms. The van der Waals surface area contributed by atoms with E-state index >= 15 is 0 Å². The number of carbonyl (C=O) groups excluding carboxylic acids is 1. The third-order valence-electron chi connectivity index (χ3n) is 3.11. The fourth-order valence-corrected chi connectivity index (χ4v) is 2.20. The maximum Gasteiger partial charge on any atom is 0.269 e. The Hall–Kier alpha value is -1.95. The summed E-state index contributed by atoms with van der Waals surface area (Å²) in [6.07, 6.45) is 0.923. The number of nitro benzene ring substituents is 1. The average molecular weight is 264 g/mol. The van der Waals surface area contributed by atoms with E-state index in [-0.39, 0.29) is 11.6 Å². The van der Waals surface area contributed by atoms with E-state index in [1.165, 1.54) is 12.1 Å². The van der Waals surface area contributed by atoms with Crippen molar-refractivity contribution in [3.05, 3.63) is 39.9 Å². The summed E-state index contributed by atoms with van der Waals surface area (Å²) in [6, 6.07) is 6.15. The van der Waals surface area contributed by atoms with Gasteiger partial charge >= 0.3 is 0 Å². The van der Waals surface area contributed by atoms with Crippen LogP contribution >= 0.6 is 0 Å². The largest absolute Gasteiger partial charge is 0.354 e. The first-order valence-corrected chi connectivity index (χ1v) is 6.29. The lowest BCUT2D eigenvalue weighted by Gasteiger charge is -2.27. The number of ether oxygens (including phenoxy) is 1. The van der Waals surface area contributed by atoms with Crippen molar-refractivity contribution in [2.45, 2.75) is 26.0 Å². The lowest BCUT2D eigenvalue weighted by atomic mass is 10.1. The molecule has 0 saturated carbocycles. The van der Waals surface area contributed by atoms with Gasteiger partial charge in [0.2, 0.25) is 5.91 Å². The number of likely N-dealkylation sites (tertiary alicyclic amines) is 1. The fourth-order valence-electron chi connectivity index (χ4n) is 2.20. The molecule has 0 radical (unpaired) electrons. The van der Waals surface area contributed by atoms with Crippen LogP contribution in [0, 0.1) is 10.1 Å². The summed E-state index contributed by atoms with van der Waals surface area (Å²) in [6.45, 7) is 3.00. The molecule has 0 bridgehead atoms. The highest BCUT2D eigenvalue weighted by molar-refractivity contribution is 5.78. The molecule has 102 valence electrons. The molecule has 1 aromatic carbocycles. The minimum Gasteiger partial charge on any atom is -0.354 e. The molecule has 1 aliphatic rings. The van der Waals surface area contributed by atoms with E-state index in [0.29, 0.717) is 19.6 Å². The minimum atomic E-state index is -0.444. The monoisotopic (exact) mass is 264 g/mol. The van der Waals surface area contributed by atoms with Gasteiger partial charge in [-0.3, -0.25) is 14.9 Å². The number of amides is 1. The van der Waals surface area contributed by atoms with Crippen LogP contribution in [0.5, 0.6) is 0 Å². The van der Waals surface area contributed by atoms with E-state index < -0.39 is 11.2 Å². The molecule has 0 spiro atoms. The molecule has 2 rings (SSSR count). The summed E-state index contributed by atoms with van der Waals surface area (Å²) in [5.74, 6) is 0.0665. The van der Waals surface area contributed by atoms with Crippen LogP contribution in [0.25, 0.3) is 0 Å². The lowest BCUT2D eigenvalue weighted by molar-refractivity contribution is -0.384. The van der Waals surface area contributed by atoms with Crippen LogP contribution in [-0.2, 0) is 9.53 Å². The summed E-state index contributed by atoms with van der Waals surface area (Å²) in [7, 11) is 0. The van der Waals surface area contributed by atoms with Crippen molar-refractivity contribution in [2.24, 2.45) is 0 Å². The molecule has 0 aliphatic carbocycles. The zero-order chi connectivity index (χ0) is 13.8. The first-order chi connectivity index (χ1) is 9.13. The molecule has 1 saturated heterocycles. The van der Waals surface area contributed by atoms with Crippen LogP contribution in [-0.4, -0.2) is 28.9 Å². The zero-order valence-electron chi connectivity index (χ0n) is 10.7. The highest BCUT2D eigenvalue weighted by atomic mass is 16.6. The van der Waals surface area contributed by atoms with Gasteiger partial charge in [-0.25, -0.2) is 0 Å². The van der Waals surface area contributed by atoms with E-state index in [2.05, 4.69) is 0 Å². The number of non-ortho nitro benzene ring substituents is 1. The number of benzene rings is 1. The van der Waals surface area contributed by atoms with Gasteiger partial charge in [-0.15, -0.1) is 0 Å². The standard InChI is InChI=1S/C13H16N2O4/c1-2-19-13(14-9-3-4-12(14)16)10-5-7-11(8-6-10)15(17)18/h5-8,13H,2-4,9H2,1H3. The second-order valence-corrected chi connectivity index (χ2v) is 4.35. The zero-order valence-corrected chi connectivity index (χ0v) is 10.7. The van der Waals surface area contributed by atoms with Gasteiger partial charge in [0.25, 0.3) is 5.69 Å². The van der Waals surface area contributed by atoms with Crippen molar-refractivity contribution in [3.63, 3.8) is 0 Å². The number of rotatable bonds is 5. The summed E-state index contributed by atoms with van der Waals surface area (Å²) in [5, 5.41) is 10.6. The molecule has 1 atom stereocenters. The molecule has 1 fully saturated rings.